The third-order valence-corrected chi connectivity index (χ3v) is 7.05. The molecule has 28 heavy (non-hydrogen) atoms. The van der Waals surface area contributed by atoms with Gasteiger partial charge in [0, 0.05) is 32.2 Å². The Kier molecular flexibility index (Phi) is 6.25. The van der Waals surface area contributed by atoms with Gasteiger partial charge < -0.3 is 9.32 Å². The SMILES string of the molecule is CCCN(Cc1ccc(C)cc1)C(=O)c1cc(S(=O)(=O)N2CCCC2)c(C)o1. The Bertz CT molecular complexity index is 926. The monoisotopic (exact) mass is 404 g/mol. The first-order valence-electron chi connectivity index (χ1n) is 9.78. The highest BCUT2D eigenvalue weighted by molar-refractivity contribution is 7.89. The van der Waals surface area contributed by atoms with E-state index in [4.69, 9.17) is 4.42 Å². The Morgan fingerprint density at radius 2 is 1.79 bits per heavy atom. The quantitative estimate of drug-likeness (QED) is 0.705. The van der Waals surface area contributed by atoms with Crippen LogP contribution in [0.2, 0.25) is 0 Å². The van der Waals surface area contributed by atoms with Gasteiger partial charge in [0.1, 0.15) is 10.7 Å². The molecule has 1 saturated heterocycles. The Labute approximate surface area is 167 Å². The fraction of sp³-hybridized carbons (Fsp3) is 0.476. The van der Waals surface area contributed by atoms with Crippen molar-refractivity contribution in [2.45, 2.75) is 51.5 Å². The van der Waals surface area contributed by atoms with Crippen LogP contribution in [0.3, 0.4) is 0 Å². The van der Waals surface area contributed by atoms with Crippen molar-refractivity contribution < 1.29 is 17.6 Å². The minimum absolute atomic E-state index is 0.0795. The van der Waals surface area contributed by atoms with Crippen molar-refractivity contribution in [3.63, 3.8) is 0 Å². The zero-order chi connectivity index (χ0) is 20.3. The number of amides is 1. The highest BCUT2D eigenvalue weighted by Gasteiger charge is 2.32. The molecule has 6 nitrogen and oxygen atoms in total. The van der Waals surface area contributed by atoms with E-state index in [0.717, 1.165) is 30.4 Å². The predicted octanol–water partition coefficient (Wildman–Crippen LogP) is 3.73. The highest BCUT2D eigenvalue weighted by Crippen LogP contribution is 2.27. The molecule has 1 aliphatic rings. The molecule has 1 aromatic heterocycles. The van der Waals surface area contributed by atoms with Crippen molar-refractivity contribution in [1.29, 1.82) is 0 Å². The van der Waals surface area contributed by atoms with E-state index in [0.29, 0.717) is 26.2 Å². The third kappa shape index (κ3) is 4.31. The molecule has 0 N–H and O–H groups in total. The lowest BCUT2D eigenvalue weighted by molar-refractivity contribution is 0.0709. The zero-order valence-corrected chi connectivity index (χ0v) is 17.6. The molecule has 0 spiro atoms. The van der Waals surface area contributed by atoms with Gasteiger partial charge in [-0.2, -0.15) is 4.31 Å². The molecule has 2 aromatic rings. The maximum Gasteiger partial charge on any atom is 0.289 e. The van der Waals surface area contributed by atoms with Crippen molar-refractivity contribution in [1.82, 2.24) is 9.21 Å². The van der Waals surface area contributed by atoms with Crippen LogP contribution in [-0.2, 0) is 16.6 Å². The van der Waals surface area contributed by atoms with E-state index >= 15 is 0 Å². The topological polar surface area (TPSA) is 70.8 Å². The largest absolute Gasteiger partial charge is 0.455 e. The van der Waals surface area contributed by atoms with Crippen molar-refractivity contribution in [3.05, 3.63) is 53.0 Å². The lowest BCUT2D eigenvalue weighted by Crippen LogP contribution is -2.31. The lowest BCUT2D eigenvalue weighted by Gasteiger charge is -2.21. The number of furan rings is 1. The van der Waals surface area contributed by atoms with E-state index in [1.54, 1.807) is 11.8 Å². The number of hydrogen-bond donors (Lipinski definition) is 0. The third-order valence-electron chi connectivity index (χ3n) is 5.04. The van der Waals surface area contributed by atoms with E-state index in [1.165, 1.54) is 10.4 Å². The van der Waals surface area contributed by atoms with E-state index in [-0.39, 0.29) is 22.3 Å². The predicted molar refractivity (Wildman–Crippen MR) is 108 cm³/mol. The number of rotatable bonds is 7. The van der Waals surface area contributed by atoms with Crippen LogP contribution in [0.1, 0.15) is 53.6 Å². The van der Waals surface area contributed by atoms with Crippen molar-refractivity contribution in [2.24, 2.45) is 0 Å². The van der Waals surface area contributed by atoms with Crippen molar-refractivity contribution in [3.8, 4) is 0 Å². The Balaban J connectivity index is 1.84. The summed E-state index contributed by atoms with van der Waals surface area (Å²) in [6.07, 6.45) is 2.53. The molecule has 0 unspecified atom stereocenters. The molecule has 7 heteroatoms. The van der Waals surface area contributed by atoms with Crippen LogP contribution < -0.4 is 0 Å². The Morgan fingerprint density at radius 3 is 2.39 bits per heavy atom. The van der Waals surface area contributed by atoms with Crippen molar-refractivity contribution >= 4 is 15.9 Å². The van der Waals surface area contributed by atoms with E-state index in [9.17, 15) is 13.2 Å². The summed E-state index contributed by atoms with van der Waals surface area (Å²) in [5.74, 6) is 0.0614. The van der Waals surface area contributed by atoms with Crippen LogP contribution in [0.4, 0.5) is 0 Å². The van der Waals surface area contributed by atoms with E-state index in [2.05, 4.69) is 0 Å². The molecule has 1 aliphatic heterocycles. The summed E-state index contributed by atoms with van der Waals surface area (Å²) in [5, 5.41) is 0. The molecular weight excluding hydrogens is 376 g/mol. The summed E-state index contributed by atoms with van der Waals surface area (Å²) in [6.45, 7) is 7.70. The smallest absolute Gasteiger partial charge is 0.289 e. The average Bonchev–Trinajstić information content (AvgIpc) is 3.33. The molecule has 1 fully saturated rings. The normalized spacial score (nSPS) is 15.1. The van der Waals surface area contributed by atoms with Gasteiger partial charge in [0.2, 0.25) is 10.0 Å². The molecule has 152 valence electrons. The molecule has 0 atom stereocenters. The van der Waals surface area contributed by atoms with Crippen LogP contribution >= 0.6 is 0 Å². The standard InChI is InChI=1S/C21H28N2O4S/c1-4-11-22(15-18-9-7-16(2)8-10-18)21(24)19-14-20(17(3)27-19)28(25,26)23-12-5-6-13-23/h7-10,14H,4-6,11-13,15H2,1-3H3. The zero-order valence-electron chi connectivity index (χ0n) is 16.8. The fourth-order valence-corrected chi connectivity index (χ4v) is 5.16. The molecule has 0 saturated carbocycles. The number of sulfonamides is 1. The fourth-order valence-electron chi connectivity index (χ4n) is 3.49. The van der Waals surface area contributed by atoms with Crippen LogP contribution in [0, 0.1) is 13.8 Å². The van der Waals surface area contributed by atoms with Gasteiger partial charge in [0.15, 0.2) is 5.76 Å². The summed E-state index contributed by atoms with van der Waals surface area (Å²) < 4.78 is 32.8. The van der Waals surface area contributed by atoms with Crippen LogP contribution in [-0.4, -0.2) is 43.2 Å². The summed E-state index contributed by atoms with van der Waals surface area (Å²) in [7, 11) is -3.61. The van der Waals surface area contributed by atoms with Gasteiger partial charge in [0.25, 0.3) is 5.91 Å². The van der Waals surface area contributed by atoms with Gasteiger partial charge >= 0.3 is 0 Å². The van der Waals surface area contributed by atoms with E-state index < -0.39 is 10.0 Å². The Morgan fingerprint density at radius 1 is 1.14 bits per heavy atom. The first-order valence-corrected chi connectivity index (χ1v) is 11.2. The molecule has 1 amide bonds. The summed E-state index contributed by atoms with van der Waals surface area (Å²) in [5.41, 5.74) is 2.19. The van der Waals surface area contributed by atoms with Gasteiger partial charge in [-0.3, -0.25) is 4.79 Å². The minimum Gasteiger partial charge on any atom is -0.455 e. The molecule has 3 rings (SSSR count). The van der Waals surface area contributed by atoms with Crippen LogP contribution in [0.25, 0.3) is 0 Å². The molecule has 1 aromatic carbocycles. The first kappa shape index (κ1) is 20.6. The number of benzene rings is 1. The molecular formula is C21H28N2O4S. The van der Waals surface area contributed by atoms with Crippen LogP contribution in [0.15, 0.2) is 39.6 Å². The van der Waals surface area contributed by atoms with Gasteiger partial charge in [0.05, 0.1) is 0 Å². The second-order valence-corrected chi connectivity index (χ2v) is 9.26. The summed E-state index contributed by atoms with van der Waals surface area (Å²) >= 11 is 0. The second-order valence-electron chi connectivity index (χ2n) is 7.35. The Hall–Kier alpha value is -2.12. The number of carbonyl (C=O) groups is 1. The first-order chi connectivity index (χ1) is 13.3. The number of aryl methyl sites for hydroxylation is 2. The second kappa shape index (κ2) is 8.49. The molecule has 0 bridgehead atoms. The molecule has 2 heterocycles. The lowest BCUT2D eigenvalue weighted by atomic mass is 10.1. The minimum atomic E-state index is -3.61. The van der Waals surface area contributed by atoms with Crippen LogP contribution in [0.5, 0.6) is 0 Å². The highest BCUT2D eigenvalue weighted by atomic mass is 32.2. The average molecular weight is 405 g/mol. The van der Waals surface area contributed by atoms with E-state index in [1.807, 2.05) is 38.1 Å². The molecule has 0 radical (unpaired) electrons. The summed E-state index contributed by atoms with van der Waals surface area (Å²) in [4.78, 5) is 14.8. The maximum atomic E-state index is 13.0. The van der Waals surface area contributed by atoms with Gasteiger partial charge in [-0.05, 0) is 38.7 Å². The van der Waals surface area contributed by atoms with Gasteiger partial charge in [-0.15, -0.1) is 0 Å². The summed E-state index contributed by atoms with van der Waals surface area (Å²) in [6, 6.07) is 9.43. The molecule has 0 aliphatic carbocycles. The van der Waals surface area contributed by atoms with Gasteiger partial charge in [-0.25, -0.2) is 8.42 Å². The number of hydrogen-bond acceptors (Lipinski definition) is 4. The number of carbonyl (C=O) groups excluding carboxylic acids is 1. The number of nitrogens with zero attached hydrogens (tertiary/aromatic N) is 2. The van der Waals surface area contributed by atoms with Crippen molar-refractivity contribution in [2.75, 3.05) is 19.6 Å². The maximum absolute atomic E-state index is 13.0. The van der Waals surface area contributed by atoms with Gasteiger partial charge in [-0.1, -0.05) is 36.8 Å².